The zero-order valence-electron chi connectivity index (χ0n) is 18.4. The number of anilines is 1. The molecule has 3 heterocycles. The normalized spacial score (nSPS) is 21.9. The third-order valence-corrected chi connectivity index (χ3v) is 6.24. The van der Waals surface area contributed by atoms with Gasteiger partial charge in [-0.3, -0.25) is 9.48 Å². The summed E-state index contributed by atoms with van der Waals surface area (Å²) < 4.78 is 19.1. The van der Waals surface area contributed by atoms with Crippen LogP contribution < -0.4 is 14.8 Å². The molecule has 0 saturated heterocycles. The first-order valence-corrected chi connectivity index (χ1v) is 11.4. The summed E-state index contributed by atoms with van der Waals surface area (Å²) in [6.45, 7) is 1.73. The lowest BCUT2D eigenvalue weighted by Crippen LogP contribution is -2.20. The largest absolute Gasteiger partial charge is 0.489 e. The molecule has 5 rings (SSSR count). The summed E-state index contributed by atoms with van der Waals surface area (Å²) in [5.41, 5.74) is 1.62. The summed E-state index contributed by atoms with van der Waals surface area (Å²) in [7, 11) is 0. The number of aliphatic hydroxyl groups is 1. The summed E-state index contributed by atoms with van der Waals surface area (Å²) in [4.78, 5) is 17.2. The summed E-state index contributed by atoms with van der Waals surface area (Å²) in [6.07, 6.45) is 6.01. The number of hydrogen-bond acceptors (Lipinski definition) is 7. The van der Waals surface area contributed by atoms with Crippen LogP contribution in [0.4, 0.5) is 5.69 Å². The fourth-order valence-corrected chi connectivity index (χ4v) is 4.39. The third-order valence-electron chi connectivity index (χ3n) is 6.24. The van der Waals surface area contributed by atoms with Gasteiger partial charge in [0.2, 0.25) is 5.88 Å². The van der Waals surface area contributed by atoms with Gasteiger partial charge in [-0.05, 0) is 43.7 Å². The van der Waals surface area contributed by atoms with Gasteiger partial charge in [0.25, 0.3) is 5.91 Å². The first-order valence-electron chi connectivity index (χ1n) is 11.4. The van der Waals surface area contributed by atoms with E-state index in [1.165, 1.54) is 0 Å². The van der Waals surface area contributed by atoms with E-state index >= 15 is 0 Å². The van der Waals surface area contributed by atoms with Gasteiger partial charge < -0.3 is 24.6 Å². The van der Waals surface area contributed by atoms with Crippen molar-refractivity contribution in [3.8, 4) is 11.6 Å². The van der Waals surface area contributed by atoms with Crippen LogP contribution in [-0.2, 0) is 4.74 Å². The maximum absolute atomic E-state index is 12.9. The molecule has 1 aromatic carbocycles. The highest BCUT2D eigenvalue weighted by Crippen LogP contribution is 2.35. The van der Waals surface area contributed by atoms with E-state index < -0.39 is 0 Å². The highest BCUT2D eigenvalue weighted by molar-refractivity contribution is 6.05. The minimum absolute atomic E-state index is 0.255. The smallest absolute Gasteiger partial charge is 0.274 e. The van der Waals surface area contributed by atoms with E-state index in [1.54, 1.807) is 18.2 Å². The van der Waals surface area contributed by atoms with Gasteiger partial charge in [-0.1, -0.05) is 6.07 Å². The molecule has 174 valence electrons. The van der Waals surface area contributed by atoms with Crippen molar-refractivity contribution in [2.45, 2.75) is 31.7 Å². The fraction of sp³-hybridized carbons (Fsp3) is 0.458. The Balaban J connectivity index is 1.44. The molecule has 2 aliphatic rings. The van der Waals surface area contributed by atoms with Crippen molar-refractivity contribution in [1.29, 1.82) is 0 Å². The Morgan fingerprint density at radius 3 is 2.70 bits per heavy atom. The van der Waals surface area contributed by atoms with Gasteiger partial charge in [-0.2, -0.15) is 5.10 Å². The fourth-order valence-electron chi connectivity index (χ4n) is 4.39. The molecule has 1 saturated carbocycles. The topological polar surface area (TPSA) is 108 Å². The monoisotopic (exact) mass is 452 g/mol. The molecule has 0 unspecified atom stereocenters. The number of fused-ring (bicyclic) bond motifs is 4. The number of hydrogen-bond donors (Lipinski definition) is 2. The molecule has 33 heavy (non-hydrogen) atoms. The van der Waals surface area contributed by atoms with Crippen molar-refractivity contribution in [2.24, 2.45) is 5.92 Å². The SMILES string of the molecule is O=C1Nc2cc3cn(C4CCC(CO)CC4)nc3cc2OCCOCCOc2cccc1n2. The average Bonchev–Trinajstić information content (AvgIpc) is 3.26. The Morgan fingerprint density at radius 2 is 1.88 bits per heavy atom. The third kappa shape index (κ3) is 4.94. The van der Waals surface area contributed by atoms with E-state index in [1.807, 2.05) is 23.0 Å². The van der Waals surface area contributed by atoms with Crippen molar-refractivity contribution < 1.29 is 24.1 Å². The first kappa shape index (κ1) is 21.7. The molecular weight excluding hydrogens is 424 g/mol. The van der Waals surface area contributed by atoms with Crippen LogP contribution in [0.3, 0.4) is 0 Å². The van der Waals surface area contributed by atoms with Gasteiger partial charge >= 0.3 is 0 Å². The van der Waals surface area contributed by atoms with Crippen LogP contribution in [0.2, 0.25) is 0 Å². The lowest BCUT2D eigenvalue weighted by molar-refractivity contribution is 0.0751. The van der Waals surface area contributed by atoms with Crippen molar-refractivity contribution in [3.63, 3.8) is 0 Å². The minimum Gasteiger partial charge on any atom is -0.489 e. The zero-order chi connectivity index (χ0) is 22.6. The van der Waals surface area contributed by atoms with E-state index in [0.29, 0.717) is 55.7 Å². The lowest BCUT2D eigenvalue weighted by atomic mass is 9.87. The molecule has 1 amide bonds. The van der Waals surface area contributed by atoms with Crippen molar-refractivity contribution in [2.75, 3.05) is 38.4 Å². The number of rotatable bonds is 2. The van der Waals surface area contributed by atoms with E-state index in [-0.39, 0.29) is 18.2 Å². The molecule has 3 aromatic rings. The number of carbonyl (C=O) groups is 1. The van der Waals surface area contributed by atoms with Crippen LogP contribution in [0.15, 0.2) is 36.5 Å². The Hall–Kier alpha value is -3.17. The van der Waals surface area contributed by atoms with Crippen LogP contribution in [0.25, 0.3) is 10.9 Å². The standard InChI is InChI=1S/C24H28N4O5/c29-15-16-4-6-18(7-5-16)28-14-17-12-21-22(13-20(17)27-28)32-10-8-31-9-11-33-23-3-1-2-19(25-23)24(30)26-21/h1-3,12-14,16,18,29H,4-11,15H2,(H,26,30). The molecule has 1 aliphatic heterocycles. The predicted molar refractivity (Wildman–Crippen MR) is 122 cm³/mol. The van der Waals surface area contributed by atoms with Crippen molar-refractivity contribution >= 4 is 22.5 Å². The second kappa shape index (κ2) is 9.76. The number of amides is 1. The van der Waals surface area contributed by atoms with Gasteiger partial charge in [0, 0.05) is 30.3 Å². The van der Waals surface area contributed by atoms with Gasteiger partial charge in [0.05, 0.1) is 30.5 Å². The van der Waals surface area contributed by atoms with Crippen molar-refractivity contribution in [1.82, 2.24) is 14.8 Å². The highest BCUT2D eigenvalue weighted by Gasteiger charge is 2.23. The molecule has 0 radical (unpaired) electrons. The van der Waals surface area contributed by atoms with Crippen molar-refractivity contribution in [3.05, 3.63) is 42.2 Å². The summed E-state index contributed by atoms with van der Waals surface area (Å²) in [5, 5.41) is 18.1. The first-order chi connectivity index (χ1) is 16.2. The second-order valence-corrected chi connectivity index (χ2v) is 8.50. The van der Waals surface area contributed by atoms with E-state index in [9.17, 15) is 9.90 Å². The lowest BCUT2D eigenvalue weighted by Gasteiger charge is -2.27. The average molecular weight is 453 g/mol. The Morgan fingerprint density at radius 1 is 1.06 bits per heavy atom. The highest BCUT2D eigenvalue weighted by atomic mass is 16.5. The van der Waals surface area contributed by atoms with Crippen LogP contribution >= 0.6 is 0 Å². The van der Waals surface area contributed by atoms with Gasteiger partial charge in [0.1, 0.15) is 24.7 Å². The van der Waals surface area contributed by atoms with Crippen LogP contribution in [-0.4, -0.2) is 58.8 Å². The van der Waals surface area contributed by atoms with Gasteiger partial charge in [-0.25, -0.2) is 4.98 Å². The van der Waals surface area contributed by atoms with E-state index in [2.05, 4.69) is 10.3 Å². The van der Waals surface area contributed by atoms with Crippen LogP contribution in [0.1, 0.15) is 42.2 Å². The number of nitrogens with zero attached hydrogens (tertiary/aromatic N) is 3. The molecule has 2 aromatic heterocycles. The number of ether oxygens (including phenoxy) is 3. The molecule has 2 N–H and O–H groups in total. The van der Waals surface area contributed by atoms with E-state index in [0.717, 1.165) is 36.6 Å². The molecule has 9 heteroatoms. The quantitative estimate of drug-likeness (QED) is 0.615. The second-order valence-electron chi connectivity index (χ2n) is 8.50. The maximum Gasteiger partial charge on any atom is 0.274 e. The number of nitrogens with one attached hydrogen (secondary N) is 1. The predicted octanol–water partition coefficient (Wildman–Crippen LogP) is 3.20. The maximum atomic E-state index is 12.9. The number of aliphatic hydroxyl groups excluding tert-OH is 1. The Kier molecular flexibility index (Phi) is 6.41. The number of pyridine rings is 1. The summed E-state index contributed by atoms with van der Waals surface area (Å²) in [5.74, 6) is 0.974. The molecule has 9 nitrogen and oxygen atoms in total. The van der Waals surface area contributed by atoms with Gasteiger partial charge in [0.15, 0.2) is 0 Å². The van der Waals surface area contributed by atoms with E-state index in [4.69, 9.17) is 19.3 Å². The Bertz CT molecular complexity index is 1120. The summed E-state index contributed by atoms with van der Waals surface area (Å²) in [6, 6.07) is 9.15. The number of benzene rings is 1. The Labute approximate surface area is 191 Å². The molecule has 1 aliphatic carbocycles. The zero-order valence-corrected chi connectivity index (χ0v) is 18.4. The number of carbonyl (C=O) groups excluding carboxylic acids is 1. The summed E-state index contributed by atoms with van der Waals surface area (Å²) >= 11 is 0. The molecule has 0 atom stereocenters. The molecule has 1 fully saturated rings. The molecular formula is C24H28N4O5. The molecule has 2 bridgehead atoms. The van der Waals surface area contributed by atoms with Gasteiger partial charge in [-0.15, -0.1) is 0 Å². The minimum atomic E-state index is -0.340. The van der Waals surface area contributed by atoms with Crippen LogP contribution in [0, 0.1) is 5.92 Å². The number of aromatic nitrogens is 3. The van der Waals surface area contributed by atoms with Crippen LogP contribution in [0.5, 0.6) is 11.6 Å². The molecule has 0 spiro atoms.